The lowest BCUT2D eigenvalue weighted by Gasteiger charge is -2.27. The van der Waals surface area contributed by atoms with Crippen molar-refractivity contribution in [2.24, 2.45) is 0 Å². The zero-order valence-electron chi connectivity index (χ0n) is 12.2. The van der Waals surface area contributed by atoms with Crippen LogP contribution in [-0.4, -0.2) is 11.7 Å². The molecule has 108 valence electrons. The Hall–Kier alpha value is -1.94. The van der Waals surface area contributed by atoms with E-state index >= 15 is 0 Å². The molecule has 0 bridgehead atoms. The number of carbonyl (C=O) groups is 1. The molecule has 3 nitrogen and oxygen atoms in total. The van der Waals surface area contributed by atoms with Gasteiger partial charge in [-0.2, -0.15) is 0 Å². The van der Waals surface area contributed by atoms with E-state index in [1.807, 2.05) is 43.0 Å². The molecule has 1 amide bonds. The maximum Gasteiger partial charge on any atom is 0.238 e. The Morgan fingerprint density at radius 1 is 1.19 bits per heavy atom. The van der Waals surface area contributed by atoms with Gasteiger partial charge in [0, 0.05) is 16.9 Å². The zero-order valence-corrected chi connectivity index (χ0v) is 13.0. The second-order valence-electron chi connectivity index (χ2n) is 5.35. The summed E-state index contributed by atoms with van der Waals surface area (Å²) in [5, 5.41) is -0.0424. The standard InChI is InChI=1S/C17H18N2OS/c1-11-7-8-12(2)15(9-11)19-16(20)10-21-17(19)13-5-3-4-6-14(13)18/h3-9,17H,10,18H2,1-2H3/t17-/m0/s1. The van der Waals surface area contributed by atoms with Crippen LogP contribution in [0.1, 0.15) is 22.1 Å². The number of para-hydroxylation sites is 1. The molecule has 0 spiro atoms. The van der Waals surface area contributed by atoms with Crippen molar-refractivity contribution in [3.8, 4) is 0 Å². The van der Waals surface area contributed by atoms with E-state index in [4.69, 9.17) is 5.73 Å². The molecule has 2 aromatic carbocycles. The zero-order chi connectivity index (χ0) is 15.0. The predicted octanol–water partition coefficient (Wildman–Crippen LogP) is 3.66. The van der Waals surface area contributed by atoms with Crippen molar-refractivity contribution in [1.29, 1.82) is 0 Å². The predicted molar refractivity (Wildman–Crippen MR) is 89.5 cm³/mol. The van der Waals surface area contributed by atoms with Crippen molar-refractivity contribution >= 4 is 29.0 Å². The highest BCUT2D eigenvalue weighted by Crippen LogP contribution is 2.44. The van der Waals surface area contributed by atoms with E-state index in [0.29, 0.717) is 5.75 Å². The quantitative estimate of drug-likeness (QED) is 0.861. The molecule has 1 saturated heterocycles. The third-order valence-electron chi connectivity index (χ3n) is 3.75. The van der Waals surface area contributed by atoms with Crippen LogP contribution in [0.4, 0.5) is 11.4 Å². The summed E-state index contributed by atoms with van der Waals surface area (Å²) in [5.74, 6) is 0.633. The lowest BCUT2D eigenvalue weighted by Crippen LogP contribution is -2.29. The number of aryl methyl sites for hydroxylation is 2. The highest BCUT2D eigenvalue weighted by atomic mass is 32.2. The second kappa shape index (κ2) is 5.45. The number of rotatable bonds is 2. The first kappa shape index (κ1) is 14.0. The topological polar surface area (TPSA) is 46.3 Å². The summed E-state index contributed by atoms with van der Waals surface area (Å²) >= 11 is 1.63. The first-order chi connectivity index (χ1) is 10.1. The van der Waals surface area contributed by atoms with Gasteiger partial charge in [-0.25, -0.2) is 0 Å². The summed E-state index contributed by atoms with van der Waals surface area (Å²) < 4.78 is 0. The van der Waals surface area contributed by atoms with E-state index in [1.165, 1.54) is 0 Å². The largest absolute Gasteiger partial charge is 0.398 e. The van der Waals surface area contributed by atoms with Crippen molar-refractivity contribution < 1.29 is 4.79 Å². The number of nitrogens with zero attached hydrogens (tertiary/aromatic N) is 1. The van der Waals surface area contributed by atoms with Crippen LogP contribution in [0.2, 0.25) is 0 Å². The average molecular weight is 298 g/mol. The van der Waals surface area contributed by atoms with Crippen LogP contribution in [-0.2, 0) is 4.79 Å². The highest BCUT2D eigenvalue weighted by Gasteiger charge is 2.35. The molecular formula is C17H18N2OS. The number of carbonyl (C=O) groups excluding carboxylic acids is 1. The van der Waals surface area contributed by atoms with E-state index in [-0.39, 0.29) is 11.3 Å². The number of nitrogens with two attached hydrogens (primary N) is 1. The first-order valence-electron chi connectivity index (χ1n) is 6.93. The smallest absolute Gasteiger partial charge is 0.238 e. The number of benzene rings is 2. The lowest BCUT2D eigenvalue weighted by molar-refractivity contribution is -0.115. The summed E-state index contributed by atoms with van der Waals surface area (Å²) in [4.78, 5) is 14.3. The van der Waals surface area contributed by atoms with Gasteiger partial charge in [-0.3, -0.25) is 9.69 Å². The van der Waals surface area contributed by atoms with Gasteiger partial charge in [-0.1, -0.05) is 30.3 Å². The summed E-state index contributed by atoms with van der Waals surface area (Å²) in [6.07, 6.45) is 0. The Bertz CT molecular complexity index is 699. The van der Waals surface area contributed by atoms with Gasteiger partial charge < -0.3 is 5.73 Å². The van der Waals surface area contributed by atoms with Crippen LogP contribution < -0.4 is 10.6 Å². The number of anilines is 2. The molecular weight excluding hydrogens is 280 g/mol. The molecule has 21 heavy (non-hydrogen) atoms. The van der Waals surface area contributed by atoms with Crippen molar-refractivity contribution in [2.45, 2.75) is 19.2 Å². The third kappa shape index (κ3) is 2.51. The Morgan fingerprint density at radius 2 is 1.95 bits per heavy atom. The van der Waals surface area contributed by atoms with E-state index in [0.717, 1.165) is 28.1 Å². The maximum atomic E-state index is 12.4. The van der Waals surface area contributed by atoms with E-state index in [2.05, 4.69) is 18.2 Å². The molecule has 1 fully saturated rings. The van der Waals surface area contributed by atoms with Crippen molar-refractivity contribution in [3.05, 3.63) is 59.2 Å². The maximum absolute atomic E-state index is 12.4. The van der Waals surface area contributed by atoms with Gasteiger partial charge in [-0.15, -0.1) is 11.8 Å². The molecule has 4 heteroatoms. The Balaban J connectivity index is 2.08. The Labute approximate surface area is 129 Å². The van der Waals surface area contributed by atoms with Crippen molar-refractivity contribution in [2.75, 3.05) is 16.4 Å². The Morgan fingerprint density at radius 3 is 2.71 bits per heavy atom. The summed E-state index contributed by atoms with van der Waals surface area (Å²) in [6.45, 7) is 4.08. The van der Waals surface area contributed by atoms with Gasteiger partial charge >= 0.3 is 0 Å². The van der Waals surface area contributed by atoms with Gasteiger partial charge in [0.05, 0.1) is 5.75 Å². The van der Waals surface area contributed by atoms with Gasteiger partial charge in [-0.05, 0) is 37.1 Å². The van der Waals surface area contributed by atoms with Crippen LogP contribution in [0.5, 0.6) is 0 Å². The molecule has 3 rings (SSSR count). The summed E-state index contributed by atoms with van der Waals surface area (Å²) in [7, 11) is 0. The monoisotopic (exact) mass is 298 g/mol. The molecule has 0 aliphatic carbocycles. The molecule has 0 unspecified atom stereocenters. The molecule has 1 atom stereocenters. The van der Waals surface area contributed by atoms with Crippen LogP contribution in [0.15, 0.2) is 42.5 Å². The van der Waals surface area contributed by atoms with Crippen molar-refractivity contribution in [3.63, 3.8) is 0 Å². The van der Waals surface area contributed by atoms with Gasteiger partial charge in [0.25, 0.3) is 0 Å². The fraction of sp³-hybridized carbons (Fsp3) is 0.235. The number of hydrogen-bond donors (Lipinski definition) is 1. The Kier molecular flexibility index (Phi) is 3.64. The normalized spacial score (nSPS) is 18.3. The van der Waals surface area contributed by atoms with E-state index in [9.17, 15) is 4.79 Å². The van der Waals surface area contributed by atoms with Crippen LogP contribution in [0, 0.1) is 13.8 Å². The highest BCUT2D eigenvalue weighted by molar-refractivity contribution is 8.00. The van der Waals surface area contributed by atoms with E-state index < -0.39 is 0 Å². The minimum Gasteiger partial charge on any atom is -0.398 e. The lowest BCUT2D eigenvalue weighted by atomic mass is 10.1. The van der Waals surface area contributed by atoms with E-state index in [1.54, 1.807) is 11.8 Å². The fourth-order valence-corrected chi connectivity index (χ4v) is 3.84. The fourth-order valence-electron chi connectivity index (χ4n) is 2.63. The average Bonchev–Trinajstić information content (AvgIpc) is 2.84. The number of hydrogen-bond acceptors (Lipinski definition) is 3. The van der Waals surface area contributed by atoms with Gasteiger partial charge in [0.1, 0.15) is 5.37 Å². The molecule has 2 aromatic rings. The van der Waals surface area contributed by atoms with Gasteiger partial charge in [0.15, 0.2) is 0 Å². The molecule has 0 saturated carbocycles. The molecule has 0 radical (unpaired) electrons. The number of amides is 1. The molecule has 2 N–H and O–H groups in total. The minimum absolute atomic E-state index is 0.0424. The van der Waals surface area contributed by atoms with Crippen molar-refractivity contribution in [1.82, 2.24) is 0 Å². The summed E-state index contributed by atoms with van der Waals surface area (Å²) in [5.41, 5.74) is 11.1. The molecule has 1 aliphatic rings. The SMILES string of the molecule is Cc1ccc(C)c(N2C(=O)CS[C@H]2c2ccccc2N)c1. The van der Waals surface area contributed by atoms with Crippen LogP contribution in [0.25, 0.3) is 0 Å². The van der Waals surface area contributed by atoms with Crippen LogP contribution >= 0.6 is 11.8 Å². The first-order valence-corrected chi connectivity index (χ1v) is 7.98. The molecule has 1 heterocycles. The van der Waals surface area contributed by atoms with Gasteiger partial charge in [0.2, 0.25) is 5.91 Å². The molecule has 1 aliphatic heterocycles. The molecule has 0 aromatic heterocycles. The second-order valence-corrected chi connectivity index (χ2v) is 6.41. The number of thioether (sulfide) groups is 1. The number of nitrogen functional groups attached to an aromatic ring is 1. The van der Waals surface area contributed by atoms with Crippen LogP contribution in [0.3, 0.4) is 0 Å². The minimum atomic E-state index is -0.0424. The third-order valence-corrected chi connectivity index (χ3v) is 4.95. The summed E-state index contributed by atoms with van der Waals surface area (Å²) in [6, 6.07) is 14.0.